The Morgan fingerprint density at radius 1 is 1.05 bits per heavy atom. The van der Waals surface area contributed by atoms with Gasteiger partial charge in [-0.05, 0) is 87.7 Å². The Hall–Kier alpha value is -2.16. The Morgan fingerprint density at radius 2 is 1.82 bits per heavy atom. The van der Waals surface area contributed by atoms with E-state index in [0.717, 1.165) is 62.3 Å². The lowest BCUT2D eigenvalue weighted by molar-refractivity contribution is 0.0515. The third-order valence-electron chi connectivity index (χ3n) is 8.50. The zero-order chi connectivity index (χ0) is 26.5. The van der Waals surface area contributed by atoms with Crippen LogP contribution in [0.25, 0.3) is 0 Å². The van der Waals surface area contributed by atoms with Crippen molar-refractivity contribution in [2.24, 2.45) is 5.92 Å². The van der Waals surface area contributed by atoms with Crippen molar-refractivity contribution in [3.63, 3.8) is 0 Å². The molecule has 7 nitrogen and oxygen atoms in total. The van der Waals surface area contributed by atoms with Gasteiger partial charge in [0.05, 0.1) is 0 Å². The summed E-state index contributed by atoms with van der Waals surface area (Å²) in [5.74, 6) is 3.22. The number of piperidine rings is 2. The van der Waals surface area contributed by atoms with E-state index in [2.05, 4.69) is 52.5 Å². The predicted molar refractivity (Wildman–Crippen MR) is 161 cm³/mol. The molecule has 0 amide bonds. The first kappa shape index (κ1) is 27.4. The van der Waals surface area contributed by atoms with Gasteiger partial charge in [-0.3, -0.25) is 0 Å². The minimum absolute atomic E-state index is 0.0599. The number of anilines is 3. The van der Waals surface area contributed by atoms with Crippen LogP contribution in [0, 0.1) is 5.92 Å². The summed E-state index contributed by atoms with van der Waals surface area (Å²) in [6.07, 6.45) is 8.00. The van der Waals surface area contributed by atoms with Crippen LogP contribution >= 0.6 is 23.8 Å². The van der Waals surface area contributed by atoms with E-state index in [-0.39, 0.29) is 5.41 Å². The number of hydrogen-bond donors (Lipinski definition) is 2. The number of aromatic nitrogens is 2. The number of rotatable bonds is 6. The van der Waals surface area contributed by atoms with E-state index in [1.807, 2.05) is 12.1 Å². The average molecular weight is 557 g/mol. The van der Waals surface area contributed by atoms with E-state index in [4.69, 9.17) is 38.5 Å². The third-order valence-corrected chi connectivity index (χ3v) is 8.99. The molecule has 0 bridgehead atoms. The van der Waals surface area contributed by atoms with E-state index in [1.54, 1.807) is 0 Å². The first-order valence-electron chi connectivity index (χ1n) is 14.2. The van der Waals surface area contributed by atoms with Gasteiger partial charge in [0.25, 0.3) is 0 Å². The van der Waals surface area contributed by atoms with Crippen molar-refractivity contribution >= 4 is 46.5 Å². The molecule has 206 valence electrons. The molecule has 2 atom stereocenters. The lowest BCUT2D eigenvalue weighted by atomic mass is 9.74. The Kier molecular flexibility index (Phi) is 8.91. The van der Waals surface area contributed by atoms with Gasteiger partial charge in [-0.2, -0.15) is 9.97 Å². The lowest BCUT2D eigenvalue weighted by Crippen LogP contribution is -2.45. The first-order valence-corrected chi connectivity index (χ1v) is 15.0. The highest BCUT2D eigenvalue weighted by atomic mass is 35.5. The van der Waals surface area contributed by atoms with Gasteiger partial charge in [0.2, 0.25) is 5.95 Å². The predicted octanol–water partition coefficient (Wildman–Crippen LogP) is 5.78. The summed E-state index contributed by atoms with van der Waals surface area (Å²) < 4.78 is 5.70. The van der Waals surface area contributed by atoms with Gasteiger partial charge in [-0.25, -0.2) is 0 Å². The highest BCUT2D eigenvalue weighted by Crippen LogP contribution is 2.35. The molecule has 0 saturated carbocycles. The zero-order valence-electron chi connectivity index (χ0n) is 22.7. The van der Waals surface area contributed by atoms with Gasteiger partial charge >= 0.3 is 0 Å². The summed E-state index contributed by atoms with van der Waals surface area (Å²) in [5.41, 5.74) is 1.20. The normalized spacial score (nSPS) is 23.7. The van der Waals surface area contributed by atoms with Gasteiger partial charge in [0.15, 0.2) is 5.11 Å². The number of nitrogens with zero attached hydrogens (tertiary/aromatic N) is 4. The molecule has 2 aromatic rings. The summed E-state index contributed by atoms with van der Waals surface area (Å²) in [7, 11) is 0. The maximum absolute atomic E-state index is 6.18. The quantitative estimate of drug-likeness (QED) is 0.434. The van der Waals surface area contributed by atoms with E-state index >= 15 is 0 Å². The molecular formula is C29H41ClN6OS. The van der Waals surface area contributed by atoms with Gasteiger partial charge in [-0.1, -0.05) is 30.7 Å². The van der Waals surface area contributed by atoms with Crippen molar-refractivity contribution in [3.05, 3.63) is 40.9 Å². The molecule has 3 aliphatic heterocycles. The molecule has 0 aliphatic carbocycles. The van der Waals surface area contributed by atoms with Crippen molar-refractivity contribution in [2.75, 3.05) is 54.5 Å². The molecule has 3 saturated heterocycles. The molecule has 3 fully saturated rings. The van der Waals surface area contributed by atoms with Gasteiger partial charge < -0.3 is 25.2 Å². The number of ether oxygens (including phenoxy) is 1. The molecule has 1 aromatic heterocycles. The zero-order valence-corrected chi connectivity index (χ0v) is 24.3. The van der Waals surface area contributed by atoms with E-state index < -0.39 is 0 Å². The van der Waals surface area contributed by atoms with Crippen molar-refractivity contribution < 1.29 is 4.74 Å². The molecule has 0 unspecified atom stereocenters. The molecule has 2 N–H and O–H groups in total. The lowest BCUT2D eigenvalue weighted by Gasteiger charge is -2.38. The molecule has 5 rings (SSSR count). The average Bonchev–Trinajstić information content (AvgIpc) is 2.93. The summed E-state index contributed by atoms with van der Waals surface area (Å²) >= 11 is 12.0. The Bertz CT molecular complexity index is 1090. The van der Waals surface area contributed by atoms with Crippen LogP contribution in [0.15, 0.2) is 30.3 Å². The summed E-state index contributed by atoms with van der Waals surface area (Å²) in [5, 5.41) is 8.13. The number of thiocarbonyl (C=S) groups is 1. The summed E-state index contributed by atoms with van der Waals surface area (Å²) in [6.45, 7) is 9.90. The van der Waals surface area contributed by atoms with Crippen molar-refractivity contribution in [2.45, 2.75) is 70.3 Å². The van der Waals surface area contributed by atoms with Gasteiger partial charge in [0.1, 0.15) is 11.6 Å². The second kappa shape index (κ2) is 12.3. The van der Waals surface area contributed by atoms with Crippen LogP contribution in [0.5, 0.6) is 0 Å². The van der Waals surface area contributed by atoms with Crippen LogP contribution in [0.2, 0.25) is 5.02 Å². The van der Waals surface area contributed by atoms with Crippen molar-refractivity contribution in [3.8, 4) is 0 Å². The second-order valence-corrected chi connectivity index (χ2v) is 12.2. The Labute approximate surface area is 237 Å². The van der Waals surface area contributed by atoms with Gasteiger partial charge in [0, 0.05) is 61.9 Å². The van der Waals surface area contributed by atoms with Crippen LogP contribution in [-0.4, -0.2) is 60.5 Å². The maximum atomic E-state index is 6.18. The highest BCUT2D eigenvalue weighted by molar-refractivity contribution is 7.80. The maximum Gasteiger partial charge on any atom is 0.232 e. The fourth-order valence-corrected chi connectivity index (χ4v) is 6.44. The number of halogens is 1. The minimum atomic E-state index is -0.0599. The molecule has 4 heterocycles. The van der Waals surface area contributed by atoms with Crippen LogP contribution < -0.4 is 20.4 Å². The molecule has 38 heavy (non-hydrogen) atoms. The smallest absolute Gasteiger partial charge is 0.232 e. The SMILES string of the molecule is C[C@H]1CCCN(c2cc(N3CCCC[C@H]3C)nc(NC(=S)NCC3(c4ccc(Cl)cc4)CCOCC3)n2)C1. The first-order chi connectivity index (χ1) is 18.4. The Balaban J connectivity index is 1.34. The van der Waals surface area contributed by atoms with Crippen LogP contribution in [0.3, 0.4) is 0 Å². The molecular weight excluding hydrogens is 516 g/mol. The summed E-state index contributed by atoms with van der Waals surface area (Å²) in [6, 6.07) is 10.8. The van der Waals surface area contributed by atoms with Crippen molar-refractivity contribution in [1.29, 1.82) is 0 Å². The number of benzene rings is 1. The monoisotopic (exact) mass is 556 g/mol. The second-order valence-electron chi connectivity index (χ2n) is 11.3. The Morgan fingerprint density at radius 3 is 2.55 bits per heavy atom. The van der Waals surface area contributed by atoms with Crippen molar-refractivity contribution in [1.82, 2.24) is 15.3 Å². The minimum Gasteiger partial charge on any atom is -0.381 e. The van der Waals surface area contributed by atoms with E-state index in [1.165, 1.54) is 37.7 Å². The van der Waals surface area contributed by atoms with Crippen LogP contribution in [-0.2, 0) is 10.2 Å². The van der Waals surface area contributed by atoms with Crippen LogP contribution in [0.4, 0.5) is 17.6 Å². The van der Waals surface area contributed by atoms with E-state index in [0.29, 0.717) is 29.6 Å². The molecule has 3 aliphatic rings. The number of hydrogen-bond acceptors (Lipinski definition) is 6. The van der Waals surface area contributed by atoms with E-state index in [9.17, 15) is 0 Å². The molecule has 1 aromatic carbocycles. The van der Waals surface area contributed by atoms with Crippen LogP contribution in [0.1, 0.15) is 64.4 Å². The largest absolute Gasteiger partial charge is 0.381 e. The summed E-state index contributed by atoms with van der Waals surface area (Å²) in [4.78, 5) is 14.7. The standard InChI is InChI=1S/C29H41ClN6OS/c1-21-6-5-14-35(19-21)25-18-26(36-15-4-3-7-22(36)2)33-27(32-25)34-28(38)31-20-29(12-16-37-17-13-29)23-8-10-24(30)11-9-23/h8-11,18,21-22H,3-7,12-17,19-20H2,1-2H3,(H2,31,32,33,34,38)/t21-,22+/m0/s1. The number of nitrogens with one attached hydrogen (secondary N) is 2. The molecule has 0 radical (unpaired) electrons. The fraction of sp³-hybridized carbons (Fsp3) is 0.621. The molecule has 0 spiro atoms. The van der Waals surface area contributed by atoms with Gasteiger partial charge in [-0.15, -0.1) is 0 Å². The fourth-order valence-electron chi connectivity index (χ4n) is 6.15. The highest BCUT2D eigenvalue weighted by Gasteiger charge is 2.34. The topological polar surface area (TPSA) is 65.5 Å². The molecule has 9 heteroatoms. The third kappa shape index (κ3) is 6.52.